The van der Waals surface area contributed by atoms with E-state index in [2.05, 4.69) is 151 Å². The molecule has 0 fully saturated rings. The molecule has 0 heterocycles. The third-order valence-corrected chi connectivity index (χ3v) is 10.4. The average Bonchev–Trinajstić information content (AvgIpc) is 3.14. The monoisotopic (exact) mass is 620 g/mol. The first kappa shape index (κ1) is 29.6. The van der Waals surface area contributed by atoms with E-state index in [-0.39, 0.29) is 18.0 Å². The second-order valence-electron chi connectivity index (χ2n) is 13.2. The summed E-state index contributed by atoms with van der Waals surface area (Å²) in [5.41, 5.74) is 11.4. The number of hydrogen-bond donors (Lipinski definition) is 0. The van der Waals surface area contributed by atoms with Crippen LogP contribution in [0.5, 0.6) is 0 Å². The molecule has 0 bridgehead atoms. The maximum absolute atomic E-state index is 9.55. The van der Waals surface area contributed by atoms with Gasteiger partial charge in [0.1, 0.15) is 0 Å². The number of nitrogens with zero attached hydrogens (tertiary/aromatic N) is 4. The predicted octanol–water partition coefficient (Wildman–Crippen LogP) is 8.42. The summed E-state index contributed by atoms with van der Waals surface area (Å²) in [5.74, 6) is 0.573. The van der Waals surface area contributed by atoms with Crippen molar-refractivity contribution < 1.29 is 0 Å². The third kappa shape index (κ3) is 4.90. The molecule has 4 aliphatic rings. The SMILES string of the molecule is CC1=c2ccc3c4c2=C(C=CC4C(C)C=C3N(c2ccccc2)C2C=CC(C#N)=CC2)C(N(c2ccccc2)c2ccc(C#N)cc2)C1. The van der Waals surface area contributed by atoms with Crippen LogP contribution >= 0.6 is 0 Å². The van der Waals surface area contributed by atoms with E-state index in [1.807, 2.05) is 18.2 Å². The summed E-state index contributed by atoms with van der Waals surface area (Å²) in [4.78, 5) is 4.94. The molecule has 4 aliphatic carbocycles. The van der Waals surface area contributed by atoms with Crippen LogP contribution in [0.25, 0.3) is 16.8 Å². The van der Waals surface area contributed by atoms with Crippen molar-refractivity contribution in [2.75, 3.05) is 9.80 Å². The first-order chi connectivity index (χ1) is 23.6. The van der Waals surface area contributed by atoms with Gasteiger partial charge in [-0.1, -0.05) is 91.4 Å². The Labute approximate surface area is 282 Å². The molecular weight excluding hydrogens is 585 g/mol. The Morgan fingerprint density at radius 1 is 0.729 bits per heavy atom. The smallest absolute Gasteiger partial charge is 0.0991 e. The van der Waals surface area contributed by atoms with Gasteiger partial charge in [0, 0.05) is 39.8 Å². The average molecular weight is 621 g/mol. The maximum atomic E-state index is 9.55. The van der Waals surface area contributed by atoms with Gasteiger partial charge in [-0.2, -0.15) is 10.5 Å². The van der Waals surface area contributed by atoms with Crippen LogP contribution in [0.1, 0.15) is 49.3 Å². The van der Waals surface area contributed by atoms with Crippen LogP contribution < -0.4 is 20.2 Å². The standard InChI is InChI=1S/C44H36N4/c1-29-25-41(47(33-9-5-3-6-10-33)35-17-13-31(27-45)14-18-35)39-24-22-38-30(2)26-42(40-23-21-37(29)43(39)44(38)40)48(34-11-7-4-8-12-34)36-19-15-32(28-46)16-20-36/h3-19,21-24,26,30,36,38,41H,20,25H2,1-2H3. The number of anilines is 3. The van der Waals surface area contributed by atoms with Crippen molar-refractivity contribution in [1.29, 1.82) is 10.5 Å². The summed E-state index contributed by atoms with van der Waals surface area (Å²) >= 11 is 0. The number of para-hydroxylation sites is 2. The highest BCUT2D eigenvalue weighted by Crippen LogP contribution is 2.45. The van der Waals surface area contributed by atoms with Crippen molar-refractivity contribution in [1.82, 2.24) is 0 Å². The first-order valence-corrected chi connectivity index (χ1v) is 16.8. The van der Waals surface area contributed by atoms with Crippen LogP contribution in [0.15, 0.2) is 139 Å². The van der Waals surface area contributed by atoms with Crippen LogP contribution in [-0.2, 0) is 0 Å². The summed E-state index contributed by atoms with van der Waals surface area (Å²) in [6.07, 6.45) is 15.2. The van der Waals surface area contributed by atoms with Crippen LogP contribution in [0, 0.1) is 28.6 Å². The maximum Gasteiger partial charge on any atom is 0.0991 e. The van der Waals surface area contributed by atoms with Gasteiger partial charge in [-0.3, -0.25) is 0 Å². The molecule has 0 aliphatic heterocycles. The normalized spacial score (nSPS) is 21.8. The molecule has 4 heteroatoms. The molecule has 0 aromatic heterocycles. The molecule has 4 atom stereocenters. The van der Waals surface area contributed by atoms with Crippen molar-refractivity contribution in [3.63, 3.8) is 0 Å². The van der Waals surface area contributed by atoms with E-state index < -0.39 is 0 Å². The van der Waals surface area contributed by atoms with Gasteiger partial charge in [0.05, 0.1) is 29.8 Å². The Morgan fingerprint density at radius 2 is 1.42 bits per heavy atom. The Hall–Kier alpha value is -5.84. The molecule has 0 N–H and O–H groups in total. The van der Waals surface area contributed by atoms with Gasteiger partial charge in [-0.25, -0.2) is 0 Å². The Kier molecular flexibility index (Phi) is 7.43. The highest BCUT2D eigenvalue weighted by atomic mass is 15.2. The topological polar surface area (TPSA) is 54.1 Å². The highest BCUT2D eigenvalue weighted by molar-refractivity contribution is 5.87. The van der Waals surface area contributed by atoms with E-state index in [0.29, 0.717) is 11.5 Å². The molecule has 4 unspecified atom stereocenters. The van der Waals surface area contributed by atoms with Crippen molar-refractivity contribution in [3.05, 3.63) is 166 Å². The number of rotatable bonds is 6. The third-order valence-electron chi connectivity index (χ3n) is 10.4. The molecule has 4 aromatic carbocycles. The molecule has 4 aromatic rings. The molecule has 0 radical (unpaired) electrons. The van der Waals surface area contributed by atoms with E-state index in [4.69, 9.17) is 0 Å². The van der Waals surface area contributed by atoms with Crippen molar-refractivity contribution in [3.8, 4) is 12.1 Å². The van der Waals surface area contributed by atoms with Gasteiger partial charge in [0.2, 0.25) is 0 Å². The zero-order valence-electron chi connectivity index (χ0n) is 27.2. The molecule has 232 valence electrons. The minimum Gasteiger partial charge on any atom is -0.334 e. The number of nitriles is 2. The lowest BCUT2D eigenvalue weighted by Gasteiger charge is -2.42. The van der Waals surface area contributed by atoms with Crippen LogP contribution in [0.4, 0.5) is 17.1 Å². The molecular formula is C44H36N4. The summed E-state index contributed by atoms with van der Waals surface area (Å²) < 4.78 is 0. The summed E-state index contributed by atoms with van der Waals surface area (Å²) in [5, 5.41) is 21.8. The summed E-state index contributed by atoms with van der Waals surface area (Å²) in [7, 11) is 0. The van der Waals surface area contributed by atoms with E-state index in [9.17, 15) is 10.5 Å². The highest BCUT2D eigenvalue weighted by Gasteiger charge is 2.37. The van der Waals surface area contributed by atoms with Gasteiger partial charge >= 0.3 is 0 Å². The molecule has 4 nitrogen and oxygen atoms in total. The van der Waals surface area contributed by atoms with Crippen LogP contribution in [0.3, 0.4) is 0 Å². The second-order valence-corrected chi connectivity index (χ2v) is 13.2. The van der Waals surface area contributed by atoms with Crippen LogP contribution in [0.2, 0.25) is 0 Å². The van der Waals surface area contributed by atoms with Crippen molar-refractivity contribution >= 4 is 33.9 Å². The van der Waals surface area contributed by atoms with E-state index in [0.717, 1.165) is 35.5 Å². The fourth-order valence-electron chi connectivity index (χ4n) is 8.13. The Bertz CT molecular complexity index is 2240. The largest absolute Gasteiger partial charge is 0.334 e. The molecule has 48 heavy (non-hydrogen) atoms. The molecule has 0 spiro atoms. The van der Waals surface area contributed by atoms with E-state index in [1.165, 1.54) is 38.4 Å². The van der Waals surface area contributed by atoms with Gasteiger partial charge in [-0.05, 0) is 102 Å². The van der Waals surface area contributed by atoms with Gasteiger partial charge in [0.25, 0.3) is 0 Å². The quantitative estimate of drug-likeness (QED) is 0.217. The molecule has 0 amide bonds. The summed E-state index contributed by atoms with van der Waals surface area (Å²) in [6.45, 7) is 4.64. The summed E-state index contributed by atoms with van der Waals surface area (Å²) in [6, 6.07) is 38.8. The zero-order chi connectivity index (χ0) is 32.8. The Morgan fingerprint density at radius 3 is 2.06 bits per heavy atom. The lowest BCUT2D eigenvalue weighted by molar-refractivity contribution is 0.617. The minimum atomic E-state index is 0.0854. The molecule has 8 rings (SSSR count). The lowest BCUT2D eigenvalue weighted by Crippen LogP contribution is -2.48. The molecule has 0 saturated carbocycles. The fourth-order valence-corrected chi connectivity index (χ4v) is 8.13. The fraction of sp³-hybridized carbons (Fsp3) is 0.182. The van der Waals surface area contributed by atoms with Gasteiger partial charge in [-0.15, -0.1) is 0 Å². The number of hydrogen-bond acceptors (Lipinski definition) is 4. The van der Waals surface area contributed by atoms with E-state index >= 15 is 0 Å². The zero-order valence-corrected chi connectivity index (χ0v) is 27.2. The minimum absolute atomic E-state index is 0.0854. The number of benzene rings is 4. The number of allylic oxidation sites excluding steroid dienone is 4. The molecule has 0 saturated heterocycles. The second kappa shape index (κ2) is 12.1. The van der Waals surface area contributed by atoms with Crippen molar-refractivity contribution in [2.24, 2.45) is 5.92 Å². The van der Waals surface area contributed by atoms with Gasteiger partial charge in [0.15, 0.2) is 0 Å². The van der Waals surface area contributed by atoms with Crippen LogP contribution in [-0.4, -0.2) is 12.1 Å². The van der Waals surface area contributed by atoms with E-state index in [1.54, 1.807) is 0 Å². The Balaban J connectivity index is 1.33. The van der Waals surface area contributed by atoms with Gasteiger partial charge < -0.3 is 9.80 Å². The van der Waals surface area contributed by atoms with Crippen molar-refractivity contribution in [2.45, 2.75) is 44.7 Å². The predicted molar refractivity (Wildman–Crippen MR) is 196 cm³/mol. The lowest BCUT2D eigenvalue weighted by atomic mass is 9.71. The first-order valence-electron chi connectivity index (χ1n) is 16.8.